The van der Waals surface area contributed by atoms with Crippen LogP contribution in [0.25, 0.3) is 10.9 Å². The quantitative estimate of drug-likeness (QED) is 0.883. The van der Waals surface area contributed by atoms with E-state index in [0.29, 0.717) is 18.3 Å². The van der Waals surface area contributed by atoms with Crippen LogP contribution in [0, 0.1) is 25.7 Å². The lowest BCUT2D eigenvalue weighted by Crippen LogP contribution is -2.39. The summed E-state index contributed by atoms with van der Waals surface area (Å²) in [5.41, 5.74) is 4.11. The van der Waals surface area contributed by atoms with E-state index >= 15 is 0 Å². The second-order valence-electron chi connectivity index (χ2n) is 7.33. The molecule has 1 aromatic heterocycles. The molecular weight excluding hydrogens is 302 g/mol. The summed E-state index contributed by atoms with van der Waals surface area (Å²) in [5.74, 6) is 1.16. The summed E-state index contributed by atoms with van der Waals surface area (Å²) in [6.07, 6.45) is 0.633. The van der Waals surface area contributed by atoms with Gasteiger partial charge in [-0.3, -0.25) is 14.5 Å². The van der Waals surface area contributed by atoms with Crippen molar-refractivity contribution in [1.82, 2.24) is 15.2 Å². The molecule has 0 radical (unpaired) electrons. The molecule has 5 nitrogen and oxygen atoms in total. The summed E-state index contributed by atoms with van der Waals surface area (Å²) in [6.45, 7) is 7.45. The highest BCUT2D eigenvalue weighted by Gasteiger charge is 2.37. The molecule has 126 valence electrons. The highest BCUT2D eigenvalue weighted by atomic mass is 16.1. The topological polar surface area (TPSA) is 65.2 Å². The highest BCUT2D eigenvalue weighted by Crippen LogP contribution is 2.29. The molecule has 2 saturated heterocycles. The molecular formula is C19H23N3O2. The molecule has 0 unspecified atom stereocenters. The fourth-order valence-corrected chi connectivity index (χ4v) is 4.23. The number of hydrogen-bond acceptors (Lipinski definition) is 3. The Kier molecular flexibility index (Phi) is 3.68. The zero-order chi connectivity index (χ0) is 16.8. The number of pyridine rings is 1. The molecule has 0 saturated carbocycles. The van der Waals surface area contributed by atoms with Crippen molar-refractivity contribution >= 4 is 16.8 Å². The van der Waals surface area contributed by atoms with E-state index in [1.807, 2.05) is 19.9 Å². The number of aromatic nitrogens is 1. The molecule has 1 amide bonds. The average Bonchev–Trinajstić information content (AvgIpc) is 2.92. The molecule has 2 aliphatic heterocycles. The molecule has 24 heavy (non-hydrogen) atoms. The minimum atomic E-state index is 0.0911. The van der Waals surface area contributed by atoms with E-state index in [2.05, 4.69) is 21.3 Å². The van der Waals surface area contributed by atoms with Gasteiger partial charge in [-0.05, 0) is 36.8 Å². The molecule has 2 N–H and O–H groups in total. The van der Waals surface area contributed by atoms with Gasteiger partial charge < -0.3 is 10.3 Å². The van der Waals surface area contributed by atoms with E-state index in [4.69, 9.17) is 0 Å². The van der Waals surface area contributed by atoms with Crippen LogP contribution in [0.5, 0.6) is 0 Å². The van der Waals surface area contributed by atoms with Gasteiger partial charge in [0.1, 0.15) is 0 Å². The fraction of sp³-hybridized carbons (Fsp3) is 0.474. The van der Waals surface area contributed by atoms with Gasteiger partial charge in [-0.2, -0.15) is 0 Å². The molecule has 5 heteroatoms. The van der Waals surface area contributed by atoms with Crippen molar-refractivity contribution in [2.45, 2.75) is 26.8 Å². The zero-order valence-corrected chi connectivity index (χ0v) is 14.2. The molecule has 2 fully saturated rings. The summed E-state index contributed by atoms with van der Waals surface area (Å²) >= 11 is 0. The third kappa shape index (κ3) is 2.63. The van der Waals surface area contributed by atoms with E-state index in [9.17, 15) is 9.59 Å². The van der Waals surface area contributed by atoms with Gasteiger partial charge in [-0.15, -0.1) is 0 Å². The van der Waals surface area contributed by atoms with Gasteiger partial charge in [0.2, 0.25) is 5.91 Å². The molecule has 2 atom stereocenters. The first-order chi connectivity index (χ1) is 11.5. The van der Waals surface area contributed by atoms with Crippen LogP contribution in [0.1, 0.15) is 23.2 Å². The molecule has 3 heterocycles. The number of benzene rings is 1. The summed E-state index contributed by atoms with van der Waals surface area (Å²) in [6, 6.07) is 5.79. The molecule has 0 aliphatic carbocycles. The van der Waals surface area contributed by atoms with Gasteiger partial charge >= 0.3 is 0 Å². The van der Waals surface area contributed by atoms with E-state index < -0.39 is 0 Å². The van der Waals surface area contributed by atoms with Gasteiger partial charge in [0, 0.05) is 49.7 Å². The largest absolute Gasteiger partial charge is 0.357 e. The van der Waals surface area contributed by atoms with Crippen LogP contribution >= 0.6 is 0 Å². The first-order valence-electron chi connectivity index (χ1n) is 8.62. The maximum atomic E-state index is 12.5. The van der Waals surface area contributed by atoms with E-state index in [1.165, 1.54) is 0 Å². The van der Waals surface area contributed by atoms with Gasteiger partial charge in [-0.25, -0.2) is 0 Å². The molecule has 2 aromatic rings. The van der Waals surface area contributed by atoms with E-state index in [0.717, 1.165) is 53.9 Å². The summed E-state index contributed by atoms with van der Waals surface area (Å²) in [7, 11) is 0. The summed E-state index contributed by atoms with van der Waals surface area (Å²) in [4.78, 5) is 29.9. The molecule has 2 aliphatic rings. The number of nitrogens with one attached hydrogen (secondary N) is 2. The normalized spacial score (nSPS) is 24.2. The number of rotatable bonds is 2. The Hall–Kier alpha value is -2.14. The van der Waals surface area contributed by atoms with Crippen LogP contribution < -0.4 is 10.7 Å². The van der Waals surface area contributed by atoms with Gasteiger partial charge in [-0.1, -0.05) is 12.1 Å². The van der Waals surface area contributed by atoms with Crippen LogP contribution in [-0.4, -0.2) is 35.4 Å². The fourth-order valence-electron chi connectivity index (χ4n) is 4.23. The van der Waals surface area contributed by atoms with Crippen molar-refractivity contribution in [3.05, 3.63) is 45.2 Å². The number of H-pyrrole nitrogens is 1. The Balaban J connectivity index is 1.61. The maximum Gasteiger partial charge on any atom is 0.220 e. The van der Waals surface area contributed by atoms with Crippen LogP contribution in [0.4, 0.5) is 0 Å². The van der Waals surface area contributed by atoms with Crippen LogP contribution in [0.15, 0.2) is 23.0 Å². The van der Waals surface area contributed by atoms with E-state index in [1.54, 1.807) is 6.07 Å². The Labute approximate surface area is 141 Å². The minimum Gasteiger partial charge on any atom is -0.357 e. The molecule has 0 spiro atoms. The predicted octanol–water partition coefficient (Wildman–Crippen LogP) is 1.71. The standard InChI is InChI=1S/C19H23N3O2/c1-11-3-4-12(2)19-18(11)16(23)6-15(21-19)10-22-8-13-5-17(24)20-7-14(13)9-22/h3-4,6,13-14H,5,7-10H2,1-2H3,(H,20,24)(H,21,23)/t13-,14+/m1/s1. The third-order valence-electron chi connectivity index (χ3n) is 5.51. The van der Waals surface area contributed by atoms with Crippen molar-refractivity contribution < 1.29 is 4.79 Å². The lowest BCUT2D eigenvalue weighted by Gasteiger charge is -2.23. The van der Waals surface area contributed by atoms with Crippen molar-refractivity contribution in [1.29, 1.82) is 0 Å². The number of hydrogen-bond donors (Lipinski definition) is 2. The number of aromatic amines is 1. The number of aryl methyl sites for hydroxylation is 2. The summed E-state index contributed by atoms with van der Waals surface area (Å²) in [5, 5.41) is 3.76. The lowest BCUT2D eigenvalue weighted by molar-refractivity contribution is -0.124. The number of nitrogens with zero attached hydrogens (tertiary/aromatic N) is 1. The second kappa shape index (κ2) is 5.74. The predicted molar refractivity (Wildman–Crippen MR) is 93.9 cm³/mol. The lowest BCUT2D eigenvalue weighted by atomic mass is 9.89. The average molecular weight is 325 g/mol. The molecule has 4 rings (SSSR count). The first-order valence-corrected chi connectivity index (χ1v) is 8.62. The van der Waals surface area contributed by atoms with Crippen molar-refractivity contribution in [2.24, 2.45) is 11.8 Å². The SMILES string of the molecule is Cc1ccc(C)c2c(=O)cc(CN3C[C@H]4CC(=O)NC[C@H]4C3)[nH]c12. The number of fused-ring (bicyclic) bond motifs is 2. The Morgan fingerprint density at radius 2 is 1.88 bits per heavy atom. The molecule has 1 aromatic carbocycles. The Morgan fingerprint density at radius 1 is 1.12 bits per heavy atom. The Morgan fingerprint density at radius 3 is 2.71 bits per heavy atom. The maximum absolute atomic E-state index is 12.5. The number of carbonyl (C=O) groups excluding carboxylic acids is 1. The number of piperidine rings is 1. The number of carbonyl (C=O) groups is 1. The minimum absolute atomic E-state index is 0.0911. The zero-order valence-electron chi connectivity index (χ0n) is 14.2. The van der Waals surface area contributed by atoms with Gasteiger partial charge in [0.15, 0.2) is 5.43 Å². The number of likely N-dealkylation sites (tertiary alicyclic amines) is 1. The van der Waals surface area contributed by atoms with Crippen molar-refractivity contribution in [2.75, 3.05) is 19.6 Å². The van der Waals surface area contributed by atoms with Gasteiger partial charge in [0.05, 0.1) is 5.52 Å². The van der Waals surface area contributed by atoms with Gasteiger partial charge in [0.25, 0.3) is 0 Å². The third-order valence-corrected chi connectivity index (χ3v) is 5.51. The molecule has 0 bridgehead atoms. The monoisotopic (exact) mass is 325 g/mol. The number of amides is 1. The smallest absolute Gasteiger partial charge is 0.220 e. The van der Waals surface area contributed by atoms with Crippen molar-refractivity contribution in [3.63, 3.8) is 0 Å². The highest BCUT2D eigenvalue weighted by molar-refractivity contribution is 5.84. The van der Waals surface area contributed by atoms with Crippen molar-refractivity contribution in [3.8, 4) is 0 Å². The second-order valence-corrected chi connectivity index (χ2v) is 7.33. The summed E-state index contributed by atoms with van der Waals surface area (Å²) < 4.78 is 0. The van der Waals surface area contributed by atoms with Crippen LogP contribution in [0.2, 0.25) is 0 Å². The van der Waals surface area contributed by atoms with E-state index in [-0.39, 0.29) is 11.3 Å². The Bertz CT molecular complexity index is 871. The first kappa shape index (κ1) is 15.4. The van der Waals surface area contributed by atoms with Crippen LogP contribution in [0.3, 0.4) is 0 Å². The van der Waals surface area contributed by atoms with Crippen LogP contribution in [-0.2, 0) is 11.3 Å².